The molecule has 5 rings (SSSR count). The fourth-order valence-corrected chi connectivity index (χ4v) is 5.06. The Kier molecular flexibility index (Phi) is 4.65. The van der Waals surface area contributed by atoms with Gasteiger partial charge in [-0.05, 0) is 37.7 Å². The van der Waals surface area contributed by atoms with Crippen molar-refractivity contribution >= 4 is 11.7 Å². The minimum Gasteiger partial charge on any atom is -0.360 e. The second-order valence-electron chi connectivity index (χ2n) is 8.92. The molecule has 0 saturated carbocycles. The molecule has 3 heterocycles. The molecule has 1 aliphatic carbocycles. The first-order chi connectivity index (χ1) is 14.5. The van der Waals surface area contributed by atoms with Gasteiger partial charge in [0.15, 0.2) is 0 Å². The third-order valence-electron chi connectivity index (χ3n) is 6.53. The van der Waals surface area contributed by atoms with E-state index >= 15 is 0 Å². The second kappa shape index (κ2) is 7.23. The van der Waals surface area contributed by atoms with Crippen LogP contribution in [0.4, 0.5) is 0 Å². The lowest BCUT2D eigenvalue weighted by Gasteiger charge is -2.29. The number of aromatic nitrogens is 1. The van der Waals surface area contributed by atoms with E-state index < -0.39 is 5.72 Å². The van der Waals surface area contributed by atoms with Crippen molar-refractivity contribution in [1.29, 1.82) is 0 Å². The molecular weight excluding hydrogens is 380 g/mol. The number of hydrogen-bond acceptors (Lipinski definition) is 6. The van der Waals surface area contributed by atoms with Crippen LogP contribution in [-0.4, -0.2) is 34.4 Å². The zero-order valence-corrected chi connectivity index (χ0v) is 17.7. The van der Waals surface area contributed by atoms with Crippen LogP contribution in [0.1, 0.15) is 61.6 Å². The number of carbonyl (C=O) groups excluding carboxylic acids is 1. The first-order valence-corrected chi connectivity index (χ1v) is 10.8. The quantitative estimate of drug-likeness (QED) is 0.838. The third-order valence-corrected chi connectivity index (χ3v) is 6.53. The van der Waals surface area contributed by atoms with E-state index in [1.807, 2.05) is 37.8 Å². The van der Waals surface area contributed by atoms with Crippen LogP contribution in [0.3, 0.4) is 0 Å². The number of aryl methyl sites for hydroxylation is 2. The molecule has 7 heteroatoms. The average Bonchev–Trinajstić information content (AvgIpc) is 3.50. The van der Waals surface area contributed by atoms with Gasteiger partial charge in [-0.15, -0.1) is 0 Å². The van der Waals surface area contributed by atoms with E-state index in [0.717, 1.165) is 42.8 Å². The summed E-state index contributed by atoms with van der Waals surface area (Å²) in [6.07, 6.45) is 3.58. The fraction of sp³-hybridized carbons (Fsp3) is 0.522. The molecule has 7 nitrogen and oxygen atoms in total. The second-order valence-corrected chi connectivity index (χ2v) is 8.92. The van der Waals surface area contributed by atoms with E-state index in [-0.39, 0.29) is 23.8 Å². The Balaban J connectivity index is 1.42. The Labute approximate surface area is 176 Å². The first-order valence-electron chi connectivity index (χ1n) is 10.8. The minimum absolute atomic E-state index is 0.0703. The summed E-state index contributed by atoms with van der Waals surface area (Å²) >= 11 is 0. The smallest absolute Gasteiger partial charge is 0.234 e. The van der Waals surface area contributed by atoms with E-state index in [2.05, 4.69) is 28.8 Å². The van der Waals surface area contributed by atoms with Crippen LogP contribution >= 0.6 is 0 Å². The predicted octanol–water partition coefficient (Wildman–Crippen LogP) is 3.45. The molecule has 30 heavy (non-hydrogen) atoms. The van der Waals surface area contributed by atoms with Crippen LogP contribution in [0.15, 0.2) is 39.8 Å². The van der Waals surface area contributed by atoms with Gasteiger partial charge in [-0.2, -0.15) is 0 Å². The summed E-state index contributed by atoms with van der Waals surface area (Å²) in [5.74, 6) is 1.22. The van der Waals surface area contributed by atoms with E-state index in [4.69, 9.17) is 14.4 Å². The highest BCUT2D eigenvalue weighted by Gasteiger charge is 2.47. The van der Waals surface area contributed by atoms with Gasteiger partial charge < -0.3 is 9.42 Å². The van der Waals surface area contributed by atoms with Gasteiger partial charge in [0, 0.05) is 24.6 Å². The molecule has 0 bridgehead atoms. The summed E-state index contributed by atoms with van der Waals surface area (Å²) in [4.78, 5) is 26.6. The third kappa shape index (κ3) is 3.03. The van der Waals surface area contributed by atoms with Gasteiger partial charge in [0.25, 0.3) is 0 Å². The molecule has 3 unspecified atom stereocenters. The Morgan fingerprint density at radius 3 is 2.93 bits per heavy atom. The number of amidine groups is 1. The summed E-state index contributed by atoms with van der Waals surface area (Å²) in [5, 5.41) is 3.99. The van der Waals surface area contributed by atoms with Crippen molar-refractivity contribution in [3.05, 3.63) is 52.9 Å². The molecule has 1 saturated heterocycles. The van der Waals surface area contributed by atoms with E-state index in [0.29, 0.717) is 12.3 Å². The number of likely N-dealkylation sites (tertiary alicyclic amines) is 1. The van der Waals surface area contributed by atoms with Crippen LogP contribution in [0, 0.1) is 12.8 Å². The van der Waals surface area contributed by atoms with Crippen molar-refractivity contribution < 1.29 is 14.2 Å². The Hall–Kier alpha value is -2.67. The highest BCUT2D eigenvalue weighted by Crippen LogP contribution is 2.43. The Morgan fingerprint density at radius 2 is 2.17 bits per heavy atom. The van der Waals surface area contributed by atoms with E-state index in [1.165, 1.54) is 5.56 Å². The van der Waals surface area contributed by atoms with Crippen LogP contribution < -0.4 is 5.48 Å². The van der Waals surface area contributed by atoms with Crippen molar-refractivity contribution in [3.8, 4) is 0 Å². The maximum atomic E-state index is 13.6. The van der Waals surface area contributed by atoms with Crippen molar-refractivity contribution in [2.45, 2.75) is 64.1 Å². The van der Waals surface area contributed by atoms with E-state index in [9.17, 15) is 4.79 Å². The zero-order valence-electron chi connectivity index (χ0n) is 17.7. The molecule has 1 aromatic carbocycles. The van der Waals surface area contributed by atoms with Gasteiger partial charge in [-0.1, -0.05) is 43.3 Å². The average molecular weight is 409 g/mol. The van der Waals surface area contributed by atoms with Gasteiger partial charge >= 0.3 is 0 Å². The lowest BCUT2D eigenvalue weighted by molar-refractivity contribution is -0.134. The molecule has 1 spiro atoms. The molecule has 2 aliphatic heterocycles. The van der Waals surface area contributed by atoms with Crippen LogP contribution in [0.2, 0.25) is 0 Å². The molecule has 3 aliphatic rings. The number of hydrogen-bond donors (Lipinski definition) is 1. The largest absolute Gasteiger partial charge is 0.360 e. The zero-order chi connectivity index (χ0) is 20.9. The standard InChI is InChI=1S/C23H28N4O3/c1-14(2)20(19-13-15(3)25-29-19)22(28)27-12-6-9-18(27)21-24-23(30-26-21)11-10-16-7-4-5-8-17(16)23/h4-5,7-8,13-14,18,20H,6,9-12H2,1-3H3,(H,24,26). The first kappa shape index (κ1) is 19.3. The normalized spacial score (nSPS) is 26.2. The highest BCUT2D eigenvalue weighted by molar-refractivity contribution is 5.94. The number of fused-ring (bicyclic) bond motifs is 2. The Bertz CT molecular complexity index is 998. The summed E-state index contributed by atoms with van der Waals surface area (Å²) in [6.45, 7) is 6.68. The number of hydroxylamine groups is 1. The van der Waals surface area contributed by atoms with Crippen molar-refractivity contribution in [2.24, 2.45) is 10.9 Å². The summed E-state index contributed by atoms with van der Waals surface area (Å²) < 4.78 is 5.48. The van der Waals surface area contributed by atoms with Crippen molar-refractivity contribution in [3.63, 3.8) is 0 Å². The molecular formula is C23H28N4O3. The van der Waals surface area contributed by atoms with Gasteiger partial charge in [0.2, 0.25) is 11.6 Å². The highest BCUT2D eigenvalue weighted by atomic mass is 16.7. The number of aliphatic imine (C=N–C) groups is 1. The van der Waals surface area contributed by atoms with Gasteiger partial charge in [0.05, 0.1) is 11.7 Å². The lowest BCUT2D eigenvalue weighted by atomic mass is 9.91. The molecule has 1 N–H and O–H groups in total. The molecule has 3 atom stereocenters. The van der Waals surface area contributed by atoms with Crippen molar-refractivity contribution in [2.75, 3.05) is 6.54 Å². The van der Waals surface area contributed by atoms with Gasteiger partial charge in [-0.3, -0.25) is 4.79 Å². The molecule has 1 aromatic heterocycles. The molecule has 1 fully saturated rings. The number of nitrogens with one attached hydrogen (secondary N) is 1. The van der Waals surface area contributed by atoms with Crippen LogP contribution in [-0.2, 0) is 21.8 Å². The van der Waals surface area contributed by atoms with Crippen LogP contribution in [0.25, 0.3) is 0 Å². The van der Waals surface area contributed by atoms with Gasteiger partial charge in [-0.25, -0.2) is 15.3 Å². The SMILES string of the molecule is Cc1cc(C(C(=O)N2CCCC2C2=NC3(CCc4ccccc43)ON2)C(C)C)on1. The maximum Gasteiger partial charge on any atom is 0.234 e. The summed E-state index contributed by atoms with van der Waals surface area (Å²) in [6, 6.07) is 10.1. The van der Waals surface area contributed by atoms with E-state index in [1.54, 1.807) is 0 Å². The number of carbonyl (C=O) groups is 1. The summed E-state index contributed by atoms with van der Waals surface area (Å²) in [5.41, 5.74) is 5.62. The number of nitrogens with zero attached hydrogens (tertiary/aromatic N) is 3. The molecule has 2 aromatic rings. The van der Waals surface area contributed by atoms with Crippen LogP contribution in [0.5, 0.6) is 0 Å². The predicted molar refractivity (Wildman–Crippen MR) is 112 cm³/mol. The van der Waals surface area contributed by atoms with Crippen molar-refractivity contribution in [1.82, 2.24) is 15.5 Å². The lowest BCUT2D eigenvalue weighted by Crippen LogP contribution is -2.46. The molecule has 158 valence electrons. The topological polar surface area (TPSA) is 80.0 Å². The minimum atomic E-state index is -0.664. The maximum absolute atomic E-state index is 13.6. The number of amides is 1. The van der Waals surface area contributed by atoms with Gasteiger partial charge in [0.1, 0.15) is 17.5 Å². The monoisotopic (exact) mass is 408 g/mol. The fourth-order valence-electron chi connectivity index (χ4n) is 5.06. The summed E-state index contributed by atoms with van der Waals surface area (Å²) in [7, 11) is 0. The molecule has 0 radical (unpaired) electrons. The molecule has 1 amide bonds. The number of benzene rings is 1. The Morgan fingerprint density at radius 1 is 1.33 bits per heavy atom. The number of rotatable bonds is 4.